The van der Waals surface area contributed by atoms with Crippen LogP contribution in [0.5, 0.6) is 0 Å². The highest BCUT2D eigenvalue weighted by Crippen LogP contribution is 2.30. The smallest absolute Gasteiger partial charge is 0.230 e. The Morgan fingerprint density at radius 3 is 2.65 bits per heavy atom. The van der Waals surface area contributed by atoms with Crippen LogP contribution in [0, 0.1) is 5.92 Å². The fourth-order valence-corrected chi connectivity index (χ4v) is 3.16. The molecule has 1 heterocycles. The number of nitrogens with zero attached hydrogens (tertiary/aromatic N) is 1. The molecule has 2 N–H and O–H groups in total. The van der Waals surface area contributed by atoms with Crippen LogP contribution in [0.15, 0.2) is 34.5 Å². The molecule has 1 aliphatic rings. The molecule has 1 saturated carbocycles. The maximum Gasteiger partial charge on any atom is 0.230 e. The summed E-state index contributed by atoms with van der Waals surface area (Å²) >= 11 is 3.01. The average molecular weight is 347 g/mol. The van der Waals surface area contributed by atoms with Crippen molar-refractivity contribution in [1.29, 1.82) is 0 Å². The highest BCUT2D eigenvalue weighted by molar-refractivity contribution is 7.98. The number of rotatable bonds is 6. The summed E-state index contributed by atoms with van der Waals surface area (Å²) in [5, 5.41) is 8.01. The van der Waals surface area contributed by atoms with Gasteiger partial charge in [-0.3, -0.25) is 9.59 Å². The van der Waals surface area contributed by atoms with E-state index in [-0.39, 0.29) is 24.2 Å². The minimum atomic E-state index is -0.118. The van der Waals surface area contributed by atoms with Crippen LogP contribution in [0.2, 0.25) is 0 Å². The summed E-state index contributed by atoms with van der Waals surface area (Å²) in [7, 11) is 0. The van der Waals surface area contributed by atoms with Crippen molar-refractivity contribution in [2.75, 3.05) is 16.9 Å². The number of amides is 2. The van der Waals surface area contributed by atoms with E-state index < -0.39 is 0 Å². The van der Waals surface area contributed by atoms with E-state index in [4.69, 9.17) is 0 Å². The van der Waals surface area contributed by atoms with Gasteiger partial charge >= 0.3 is 0 Å². The van der Waals surface area contributed by atoms with Gasteiger partial charge < -0.3 is 10.6 Å². The van der Waals surface area contributed by atoms with E-state index in [2.05, 4.69) is 15.6 Å². The highest BCUT2D eigenvalue weighted by atomic mass is 32.2. The molecular formula is C16H17N3O2S2. The van der Waals surface area contributed by atoms with Gasteiger partial charge in [0.15, 0.2) is 5.13 Å². The van der Waals surface area contributed by atoms with Gasteiger partial charge in [-0.25, -0.2) is 4.98 Å². The molecule has 23 heavy (non-hydrogen) atoms. The van der Waals surface area contributed by atoms with Crippen LogP contribution in [0.3, 0.4) is 0 Å². The fourth-order valence-electron chi connectivity index (χ4n) is 2.04. The number of carbonyl (C=O) groups is 2. The Hall–Kier alpha value is -1.86. The van der Waals surface area contributed by atoms with E-state index in [9.17, 15) is 9.59 Å². The van der Waals surface area contributed by atoms with E-state index in [0.717, 1.165) is 23.4 Å². The molecule has 2 amide bonds. The lowest BCUT2D eigenvalue weighted by atomic mass is 10.3. The van der Waals surface area contributed by atoms with Crippen LogP contribution < -0.4 is 10.6 Å². The zero-order valence-corrected chi connectivity index (χ0v) is 14.3. The lowest BCUT2D eigenvalue weighted by molar-refractivity contribution is -0.117. The number of thiazole rings is 1. The van der Waals surface area contributed by atoms with E-state index in [1.54, 1.807) is 17.1 Å². The Morgan fingerprint density at radius 2 is 2.00 bits per heavy atom. The largest absolute Gasteiger partial charge is 0.326 e. The maximum absolute atomic E-state index is 12.0. The van der Waals surface area contributed by atoms with Crippen molar-refractivity contribution in [3.63, 3.8) is 0 Å². The van der Waals surface area contributed by atoms with Gasteiger partial charge in [0, 0.05) is 21.9 Å². The first-order valence-electron chi connectivity index (χ1n) is 7.33. The zero-order valence-electron chi connectivity index (χ0n) is 12.7. The lowest BCUT2D eigenvalue weighted by Crippen LogP contribution is -2.15. The van der Waals surface area contributed by atoms with Gasteiger partial charge in [0.05, 0.1) is 12.1 Å². The number of hydrogen-bond acceptors (Lipinski definition) is 5. The van der Waals surface area contributed by atoms with E-state index in [0.29, 0.717) is 10.8 Å². The monoisotopic (exact) mass is 347 g/mol. The molecule has 0 saturated heterocycles. The number of aromatic nitrogens is 1. The van der Waals surface area contributed by atoms with Crippen molar-refractivity contribution < 1.29 is 9.59 Å². The second kappa shape index (κ2) is 7.14. The zero-order chi connectivity index (χ0) is 16.2. The minimum absolute atomic E-state index is 0.0317. The summed E-state index contributed by atoms with van der Waals surface area (Å²) < 4.78 is 0. The third-order valence-corrected chi connectivity index (χ3v) is 5.00. The molecule has 0 unspecified atom stereocenters. The van der Waals surface area contributed by atoms with Crippen LogP contribution in [-0.2, 0) is 16.0 Å². The average Bonchev–Trinajstić information content (AvgIpc) is 3.31. The second-order valence-corrected chi connectivity index (χ2v) is 7.10. The summed E-state index contributed by atoms with van der Waals surface area (Å²) in [5.41, 5.74) is 1.43. The summed E-state index contributed by atoms with van der Waals surface area (Å²) in [6, 6.07) is 7.70. The molecule has 0 atom stereocenters. The number of anilines is 2. The molecule has 0 spiro atoms. The molecule has 7 heteroatoms. The summed E-state index contributed by atoms with van der Waals surface area (Å²) in [6.07, 6.45) is 4.12. The Balaban J connectivity index is 1.52. The predicted octanol–water partition coefficient (Wildman–Crippen LogP) is 3.39. The summed E-state index contributed by atoms with van der Waals surface area (Å²) in [5.74, 6) is 0.0615. The molecule has 1 aromatic heterocycles. The van der Waals surface area contributed by atoms with Crippen LogP contribution in [0.4, 0.5) is 10.8 Å². The van der Waals surface area contributed by atoms with Crippen molar-refractivity contribution >= 4 is 45.7 Å². The Labute approximate surface area is 142 Å². The molecule has 0 aliphatic heterocycles. The van der Waals surface area contributed by atoms with Gasteiger partial charge in [-0.05, 0) is 43.4 Å². The first-order valence-corrected chi connectivity index (χ1v) is 9.43. The van der Waals surface area contributed by atoms with Gasteiger partial charge in [0.25, 0.3) is 0 Å². The van der Waals surface area contributed by atoms with Gasteiger partial charge in [0.2, 0.25) is 11.8 Å². The molecule has 0 radical (unpaired) electrons. The van der Waals surface area contributed by atoms with Gasteiger partial charge in [0.1, 0.15) is 0 Å². The highest BCUT2D eigenvalue weighted by Gasteiger charge is 2.30. The molecule has 120 valence electrons. The van der Waals surface area contributed by atoms with Crippen molar-refractivity contribution in [1.82, 2.24) is 4.98 Å². The van der Waals surface area contributed by atoms with Crippen LogP contribution in [0.25, 0.3) is 0 Å². The van der Waals surface area contributed by atoms with Crippen molar-refractivity contribution in [2.45, 2.75) is 24.2 Å². The maximum atomic E-state index is 12.0. The molecular weight excluding hydrogens is 330 g/mol. The van der Waals surface area contributed by atoms with Crippen molar-refractivity contribution in [3.05, 3.63) is 35.3 Å². The molecule has 2 aromatic rings. The molecule has 5 nitrogen and oxygen atoms in total. The molecule has 1 aromatic carbocycles. The fraction of sp³-hybridized carbons (Fsp3) is 0.312. The van der Waals surface area contributed by atoms with Crippen molar-refractivity contribution in [2.24, 2.45) is 5.92 Å². The minimum Gasteiger partial charge on any atom is -0.326 e. The predicted molar refractivity (Wildman–Crippen MR) is 94.0 cm³/mol. The van der Waals surface area contributed by atoms with E-state index in [1.807, 2.05) is 30.5 Å². The van der Waals surface area contributed by atoms with Crippen LogP contribution >= 0.6 is 23.1 Å². The normalized spacial score (nSPS) is 13.6. The lowest BCUT2D eigenvalue weighted by Gasteiger charge is -2.04. The number of nitrogens with one attached hydrogen (secondary N) is 2. The third-order valence-electron chi connectivity index (χ3n) is 3.45. The molecule has 3 rings (SSSR count). The number of hydrogen-bond donors (Lipinski definition) is 2. The van der Waals surface area contributed by atoms with E-state index in [1.165, 1.54) is 11.3 Å². The topological polar surface area (TPSA) is 71.1 Å². The molecule has 0 bridgehead atoms. The quantitative estimate of drug-likeness (QED) is 0.786. The summed E-state index contributed by atoms with van der Waals surface area (Å²) in [6.45, 7) is 0. The second-order valence-electron chi connectivity index (χ2n) is 5.36. The van der Waals surface area contributed by atoms with Gasteiger partial charge in [-0.2, -0.15) is 0 Å². The van der Waals surface area contributed by atoms with Crippen molar-refractivity contribution in [3.8, 4) is 0 Å². The molecule has 1 fully saturated rings. The first-order chi connectivity index (χ1) is 11.1. The number of thioether (sulfide) groups is 1. The third kappa shape index (κ3) is 4.56. The van der Waals surface area contributed by atoms with E-state index >= 15 is 0 Å². The number of benzene rings is 1. The standard InChI is InChI=1S/C16H17N3O2S2/c1-22-13-6-4-11(5-7-13)17-14(20)8-12-9-23-16(18-12)19-15(21)10-2-3-10/h4-7,9-10H,2-3,8H2,1H3,(H,17,20)(H,18,19,21). The first kappa shape index (κ1) is 16.0. The van der Waals surface area contributed by atoms with Crippen LogP contribution in [-0.4, -0.2) is 23.1 Å². The number of carbonyl (C=O) groups excluding carboxylic acids is 2. The van der Waals surface area contributed by atoms with Crippen LogP contribution in [0.1, 0.15) is 18.5 Å². The summed E-state index contributed by atoms with van der Waals surface area (Å²) in [4.78, 5) is 29.2. The Morgan fingerprint density at radius 1 is 1.26 bits per heavy atom. The van der Waals surface area contributed by atoms with Gasteiger partial charge in [-0.15, -0.1) is 23.1 Å². The van der Waals surface area contributed by atoms with Gasteiger partial charge in [-0.1, -0.05) is 0 Å². The SMILES string of the molecule is CSc1ccc(NC(=O)Cc2csc(NC(=O)C3CC3)n2)cc1. The Kier molecular flexibility index (Phi) is 4.97. The molecule has 1 aliphatic carbocycles. The Bertz CT molecular complexity index is 708.